The molecule has 1 aliphatic heterocycles. The van der Waals surface area contributed by atoms with Gasteiger partial charge in [-0.1, -0.05) is 6.92 Å². The topological polar surface area (TPSA) is 37.4 Å². The highest BCUT2D eigenvalue weighted by Crippen LogP contribution is 2.23. The molecule has 1 aromatic rings. The number of anilines is 1. The van der Waals surface area contributed by atoms with Crippen LogP contribution in [-0.4, -0.2) is 36.3 Å². The summed E-state index contributed by atoms with van der Waals surface area (Å²) in [5.41, 5.74) is 2.63. The van der Waals surface area contributed by atoms with Crippen molar-refractivity contribution in [2.24, 2.45) is 0 Å². The van der Waals surface area contributed by atoms with Gasteiger partial charge < -0.3 is 15.0 Å². The van der Waals surface area contributed by atoms with E-state index in [-0.39, 0.29) is 5.54 Å². The van der Waals surface area contributed by atoms with Gasteiger partial charge in [-0.2, -0.15) is 0 Å². The Hall–Kier alpha value is -1.13. The van der Waals surface area contributed by atoms with Crippen LogP contribution in [0.2, 0.25) is 0 Å². The summed E-state index contributed by atoms with van der Waals surface area (Å²) in [6, 6.07) is 2.70. The maximum atomic E-state index is 5.58. The van der Waals surface area contributed by atoms with Crippen LogP contribution in [0.5, 0.6) is 0 Å². The highest BCUT2D eigenvalue weighted by atomic mass is 16.5. The lowest BCUT2D eigenvalue weighted by atomic mass is 10.1. The summed E-state index contributed by atoms with van der Waals surface area (Å²) in [6.45, 7) is 14.3. The maximum Gasteiger partial charge on any atom is 0.131 e. The van der Waals surface area contributed by atoms with Crippen molar-refractivity contribution in [2.75, 3.05) is 24.7 Å². The zero-order valence-corrected chi connectivity index (χ0v) is 14.1. The fourth-order valence-electron chi connectivity index (χ4n) is 2.66. The molecule has 1 saturated heterocycles. The van der Waals surface area contributed by atoms with Gasteiger partial charge in [0.25, 0.3) is 0 Å². The molecular weight excluding hydrogens is 262 g/mol. The summed E-state index contributed by atoms with van der Waals surface area (Å²) >= 11 is 0. The van der Waals surface area contributed by atoms with Crippen LogP contribution in [-0.2, 0) is 11.3 Å². The monoisotopic (exact) mass is 291 g/mol. The number of nitrogens with one attached hydrogen (secondary N) is 1. The first-order chi connectivity index (χ1) is 9.90. The fraction of sp³-hybridized carbons (Fsp3) is 0.706. The second-order valence-electron chi connectivity index (χ2n) is 6.92. The van der Waals surface area contributed by atoms with Gasteiger partial charge in [0, 0.05) is 24.8 Å². The third-order valence-electron chi connectivity index (χ3n) is 3.90. The standard InChI is InChI=1S/C17H29N3O/c1-6-15-12-21-8-7-20(15)16-13(2)9-14(10-18-16)11-19-17(3,4)5/h9-10,15,19H,6-8,11-12H2,1-5H3. The second-order valence-corrected chi connectivity index (χ2v) is 6.92. The van der Waals surface area contributed by atoms with Gasteiger partial charge in [-0.15, -0.1) is 0 Å². The van der Waals surface area contributed by atoms with Crippen molar-refractivity contribution in [3.8, 4) is 0 Å². The van der Waals surface area contributed by atoms with Crippen LogP contribution in [0.15, 0.2) is 12.3 Å². The van der Waals surface area contributed by atoms with Gasteiger partial charge in [0.05, 0.1) is 19.3 Å². The molecule has 1 unspecified atom stereocenters. The molecule has 118 valence electrons. The fourth-order valence-corrected chi connectivity index (χ4v) is 2.66. The van der Waals surface area contributed by atoms with Crippen LogP contribution in [0.25, 0.3) is 0 Å². The van der Waals surface area contributed by atoms with E-state index in [1.807, 2.05) is 6.20 Å². The largest absolute Gasteiger partial charge is 0.377 e. The summed E-state index contributed by atoms with van der Waals surface area (Å²) in [7, 11) is 0. The Bertz CT molecular complexity index is 468. The number of pyridine rings is 1. The Labute approximate surface area is 128 Å². The normalized spacial score (nSPS) is 19.9. The number of hydrogen-bond acceptors (Lipinski definition) is 4. The van der Waals surface area contributed by atoms with Crippen LogP contribution in [0.3, 0.4) is 0 Å². The van der Waals surface area contributed by atoms with Gasteiger partial charge >= 0.3 is 0 Å². The van der Waals surface area contributed by atoms with E-state index in [0.717, 1.165) is 38.5 Å². The van der Waals surface area contributed by atoms with Gasteiger partial charge in [0.1, 0.15) is 5.82 Å². The predicted octanol–water partition coefficient (Wildman–Crippen LogP) is 2.89. The Balaban J connectivity index is 2.11. The molecule has 1 aliphatic rings. The van der Waals surface area contributed by atoms with E-state index in [4.69, 9.17) is 9.72 Å². The number of hydrogen-bond donors (Lipinski definition) is 1. The van der Waals surface area contributed by atoms with Crippen LogP contribution in [0.1, 0.15) is 45.2 Å². The van der Waals surface area contributed by atoms with Crippen molar-refractivity contribution in [3.63, 3.8) is 0 Å². The Morgan fingerprint density at radius 3 is 2.81 bits per heavy atom. The Morgan fingerprint density at radius 1 is 1.43 bits per heavy atom. The van der Waals surface area contributed by atoms with Crippen LogP contribution in [0.4, 0.5) is 5.82 Å². The van der Waals surface area contributed by atoms with Gasteiger partial charge in [-0.25, -0.2) is 4.98 Å². The first-order valence-electron chi connectivity index (χ1n) is 7.95. The van der Waals surface area contributed by atoms with E-state index < -0.39 is 0 Å². The van der Waals surface area contributed by atoms with Crippen molar-refractivity contribution < 1.29 is 4.74 Å². The molecule has 2 rings (SSSR count). The summed E-state index contributed by atoms with van der Waals surface area (Å²) in [5.74, 6) is 1.12. The van der Waals surface area contributed by atoms with E-state index >= 15 is 0 Å². The molecule has 4 nitrogen and oxygen atoms in total. The summed E-state index contributed by atoms with van der Waals surface area (Å²) in [6.07, 6.45) is 3.09. The molecule has 0 spiro atoms. The van der Waals surface area contributed by atoms with Crippen molar-refractivity contribution in [1.29, 1.82) is 0 Å². The minimum absolute atomic E-state index is 0.129. The van der Waals surface area contributed by atoms with Gasteiger partial charge in [-0.3, -0.25) is 0 Å². The lowest BCUT2D eigenvalue weighted by Gasteiger charge is -2.37. The average molecular weight is 291 g/mol. The minimum Gasteiger partial charge on any atom is -0.377 e. The number of aromatic nitrogens is 1. The van der Waals surface area contributed by atoms with Gasteiger partial charge in [0.15, 0.2) is 0 Å². The van der Waals surface area contributed by atoms with E-state index in [1.54, 1.807) is 0 Å². The molecule has 2 heterocycles. The molecule has 21 heavy (non-hydrogen) atoms. The highest BCUT2D eigenvalue weighted by Gasteiger charge is 2.23. The van der Waals surface area contributed by atoms with Crippen LogP contribution >= 0.6 is 0 Å². The van der Waals surface area contributed by atoms with Crippen molar-refractivity contribution >= 4 is 5.82 Å². The third-order valence-corrected chi connectivity index (χ3v) is 3.90. The first kappa shape index (κ1) is 16.2. The van der Waals surface area contributed by atoms with Crippen molar-refractivity contribution in [3.05, 3.63) is 23.4 Å². The number of nitrogens with zero attached hydrogens (tertiary/aromatic N) is 2. The molecule has 1 aromatic heterocycles. The van der Waals surface area contributed by atoms with E-state index in [1.165, 1.54) is 11.1 Å². The smallest absolute Gasteiger partial charge is 0.131 e. The quantitative estimate of drug-likeness (QED) is 0.925. The molecule has 0 saturated carbocycles. The number of morpholine rings is 1. The molecule has 0 bridgehead atoms. The summed E-state index contributed by atoms with van der Waals surface area (Å²) in [5, 5.41) is 3.51. The number of ether oxygens (including phenoxy) is 1. The molecule has 1 atom stereocenters. The van der Waals surface area contributed by atoms with E-state index in [2.05, 4.69) is 50.9 Å². The Morgan fingerprint density at radius 2 is 2.19 bits per heavy atom. The Kier molecular flexibility index (Phi) is 5.22. The molecule has 4 heteroatoms. The van der Waals surface area contributed by atoms with Crippen molar-refractivity contribution in [2.45, 2.75) is 59.2 Å². The molecule has 0 aromatic carbocycles. The zero-order chi connectivity index (χ0) is 15.5. The van der Waals surface area contributed by atoms with Crippen LogP contribution in [0, 0.1) is 6.92 Å². The minimum atomic E-state index is 0.129. The molecule has 0 amide bonds. The lowest BCUT2D eigenvalue weighted by Crippen LogP contribution is -2.46. The molecular formula is C17H29N3O. The van der Waals surface area contributed by atoms with E-state index in [9.17, 15) is 0 Å². The highest BCUT2D eigenvalue weighted by molar-refractivity contribution is 5.48. The summed E-state index contributed by atoms with van der Waals surface area (Å²) < 4.78 is 5.58. The molecule has 1 N–H and O–H groups in total. The lowest BCUT2D eigenvalue weighted by molar-refractivity contribution is 0.0925. The van der Waals surface area contributed by atoms with Crippen molar-refractivity contribution in [1.82, 2.24) is 10.3 Å². The maximum absolute atomic E-state index is 5.58. The second kappa shape index (κ2) is 6.75. The number of rotatable bonds is 4. The first-order valence-corrected chi connectivity index (χ1v) is 7.95. The van der Waals surface area contributed by atoms with Crippen LogP contribution < -0.4 is 10.2 Å². The van der Waals surface area contributed by atoms with Gasteiger partial charge in [-0.05, 0) is 51.3 Å². The summed E-state index contributed by atoms with van der Waals surface area (Å²) in [4.78, 5) is 7.13. The molecule has 1 fully saturated rings. The third kappa shape index (κ3) is 4.42. The average Bonchev–Trinajstić information content (AvgIpc) is 2.44. The zero-order valence-electron chi connectivity index (χ0n) is 14.1. The SMILES string of the molecule is CCC1COCCN1c1ncc(CNC(C)(C)C)cc1C. The predicted molar refractivity (Wildman–Crippen MR) is 87.8 cm³/mol. The molecule has 0 radical (unpaired) electrons. The van der Waals surface area contributed by atoms with E-state index in [0.29, 0.717) is 6.04 Å². The molecule has 0 aliphatic carbocycles. The van der Waals surface area contributed by atoms with Gasteiger partial charge in [0.2, 0.25) is 0 Å². The number of aryl methyl sites for hydroxylation is 1.